The van der Waals surface area contributed by atoms with Crippen molar-refractivity contribution in [3.8, 4) is 10.6 Å². The average Bonchev–Trinajstić information content (AvgIpc) is 3.27. The summed E-state index contributed by atoms with van der Waals surface area (Å²) in [5.74, 6) is -0.553. The number of halogens is 1. The number of carbonyl (C=O) groups is 1. The lowest BCUT2D eigenvalue weighted by Gasteiger charge is -2.26. The van der Waals surface area contributed by atoms with Crippen LogP contribution >= 0.6 is 22.9 Å². The third-order valence-electron chi connectivity index (χ3n) is 4.71. The van der Waals surface area contributed by atoms with Gasteiger partial charge in [0.25, 0.3) is 0 Å². The number of hydrogen-bond acceptors (Lipinski definition) is 7. The Morgan fingerprint density at radius 3 is 2.55 bits per heavy atom. The molecule has 0 amide bonds. The number of sulfonamides is 1. The summed E-state index contributed by atoms with van der Waals surface area (Å²) in [7, 11) is -3.61. The minimum Gasteiger partial charge on any atom is -0.456 e. The van der Waals surface area contributed by atoms with Gasteiger partial charge in [-0.05, 0) is 30.3 Å². The lowest BCUT2D eigenvalue weighted by atomic mass is 10.2. The average molecular weight is 479 g/mol. The highest BCUT2D eigenvalue weighted by atomic mass is 35.5. The van der Waals surface area contributed by atoms with Gasteiger partial charge in [-0.1, -0.05) is 29.8 Å². The first-order valence-electron chi connectivity index (χ1n) is 9.49. The van der Waals surface area contributed by atoms with E-state index in [-0.39, 0.29) is 17.1 Å². The summed E-state index contributed by atoms with van der Waals surface area (Å²) < 4.78 is 37.2. The van der Waals surface area contributed by atoms with Crippen molar-refractivity contribution in [3.63, 3.8) is 0 Å². The number of rotatable bonds is 6. The largest absolute Gasteiger partial charge is 0.456 e. The van der Waals surface area contributed by atoms with Gasteiger partial charge in [-0.3, -0.25) is 0 Å². The number of esters is 1. The van der Waals surface area contributed by atoms with E-state index in [2.05, 4.69) is 4.98 Å². The smallest absolute Gasteiger partial charge is 0.338 e. The van der Waals surface area contributed by atoms with Gasteiger partial charge in [0.1, 0.15) is 11.6 Å². The number of ether oxygens (including phenoxy) is 2. The van der Waals surface area contributed by atoms with E-state index in [1.165, 1.54) is 39.9 Å². The Bertz CT molecular complexity index is 1170. The molecule has 162 valence electrons. The summed E-state index contributed by atoms with van der Waals surface area (Å²) in [5.41, 5.74) is 1.70. The van der Waals surface area contributed by atoms with Crippen molar-refractivity contribution in [3.05, 3.63) is 70.2 Å². The maximum atomic E-state index is 12.7. The second kappa shape index (κ2) is 9.46. The summed E-state index contributed by atoms with van der Waals surface area (Å²) in [4.78, 5) is 17.0. The molecule has 3 aromatic rings. The van der Waals surface area contributed by atoms with Crippen LogP contribution < -0.4 is 0 Å². The molecule has 0 radical (unpaired) electrons. The molecule has 2 heterocycles. The maximum Gasteiger partial charge on any atom is 0.338 e. The predicted molar refractivity (Wildman–Crippen MR) is 118 cm³/mol. The van der Waals surface area contributed by atoms with Gasteiger partial charge in [0.05, 0.1) is 34.4 Å². The van der Waals surface area contributed by atoms with Crippen molar-refractivity contribution in [2.45, 2.75) is 11.5 Å². The first-order chi connectivity index (χ1) is 14.9. The van der Waals surface area contributed by atoms with Crippen molar-refractivity contribution < 1.29 is 22.7 Å². The molecule has 1 fully saturated rings. The van der Waals surface area contributed by atoms with E-state index >= 15 is 0 Å². The summed E-state index contributed by atoms with van der Waals surface area (Å²) in [6.07, 6.45) is 0. The minimum atomic E-state index is -3.61. The molecule has 0 saturated carbocycles. The Hall–Kier alpha value is -2.30. The first kappa shape index (κ1) is 21.9. The van der Waals surface area contributed by atoms with Crippen LogP contribution in [-0.2, 0) is 26.1 Å². The van der Waals surface area contributed by atoms with Gasteiger partial charge in [0, 0.05) is 24.0 Å². The Morgan fingerprint density at radius 2 is 1.84 bits per heavy atom. The van der Waals surface area contributed by atoms with Crippen molar-refractivity contribution in [1.29, 1.82) is 0 Å². The summed E-state index contributed by atoms with van der Waals surface area (Å²) in [6.45, 7) is 1.39. The minimum absolute atomic E-state index is 0.00755. The highest BCUT2D eigenvalue weighted by Crippen LogP contribution is 2.30. The topological polar surface area (TPSA) is 85.8 Å². The Kier molecular flexibility index (Phi) is 6.68. The molecule has 0 bridgehead atoms. The van der Waals surface area contributed by atoms with Gasteiger partial charge in [-0.15, -0.1) is 11.3 Å². The van der Waals surface area contributed by atoms with Gasteiger partial charge in [0.2, 0.25) is 10.0 Å². The first-order valence-corrected chi connectivity index (χ1v) is 12.2. The Balaban J connectivity index is 1.39. The zero-order chi connectivity index (χ0) is 21.8. The molecule has 31 heavy (non-hydrogen) atoms. The molecule has 0 N–H and O–H groups in total. The van der Waals surface area contributed by atoms with Crippen molar-refractivity contribution in [1.82, 2.24) is 9.29 Å². The quantitative estimate of drug-likeness (QED) is 0.500. The lowest BCUT2D eigenvalue weighted by Crippen LogP contribution is -2.40. The monoisotopic (exact) mass is 478 g/mol. The fourth-order valence-corrected chi connectivity index (χ4v) is 5.59. The summed E-state index contributed by atoms with van der Waals surface area (Å²) >= 11 is 7.61. The molecule has 1 aromatic heterocycles. The molecule has 1 aliphatic rings. The molecule has 0 unspecified atom stereocenters. The van der Waals surface area contributed by atoms with E-state index in [4.69, 9.17) is 21.1 Å². The molecule has 0 aliphatic carbocycles. The van der Waals surface area contributed by atoms with Crippen LogP contribution in [-0.4, -0.2) is 50.0 Å². The van der Waals surface area contributed by atoms with Crippen LogP contribution in [0.25, 0.3) is 10.6 Å². The number of thiazole rings is 1. The maximum absolute atomic E-state index is 12.7. The van der Waals surface area contributed by atoms with Crippen molar-refractivity contribution in [2.75, 3.05) is 26.3 Å². The van der Waals surface area contributed by atoms with Gasteiger partial charge in [-0.25, -0.2) is 18.2 Å². The van der Waals surface area contributed by atoms with E-state index in [1.807, 2.05) is 23.6 Å². The number of aromatic nitrogens is 1. The van der Waals surface area contributed by atoms with Crippen LogP contribution in [0.5, 0.6) is 0 Å². The fraction of sp³-hybridized carbons (Fsp3) is 0.238. The molecule has 2 aromatic carbocycles. The third kappa shape index (κ3) is 4.97. The standard InChI is InChI=1S/C21H19ClN2O5S2/c22-19-4-2-1-3-18(19)20-23-16(14-30-20)13-29-21(25)15-5-7-17(8-6-15)31(26,27)24-9-11-28-12-10-24/h1-8,14H,9-13H2. The van der Waals surface area contributed by atoms with Crippen LogP contribution in [0.1, 0.15) is 16.1 Å². The van der Waals surface area contributed by atoms with Crippen molar-refractivity contribution in [2.24, 2.45) is 0 Å². The second-order valence-electron chi connectivity index (χ2n) is 6.74. The summed E-state index contributed by atoms with van der Waals surface area (Å²) in [5, 5.41) is 3.16. The Labute approximate surface area is 189 Å². The molecule has 1 saturated heterocycles. The molecular weight excluding hydrogens is 460 g/mol. The zero-order valence-corrected chi connectivity index (χ0v) is 18.8. The van der Waals surface area contributed by atoms with E-state index in [0.29, 0.717) is 37.0 Å². The van der Waals surface area contributed by atoms with Gasteiger partial charge < -0.3 is 9.47 Å². The zero-order valence-electron chi connectivity index (χ0n) is 16.4. The number of hydrogen-bond donors (Lipinski definition) is 0. The van der Waals surface area contributed by atoms with E-state index < -0.39 is 16.0 Å². The SMILES string of the molecule is O=C(OCc1csc(-c2ccccc2Cl)n1)c1ccc(S(=O)(=O)N2CCOCC2)cc1. The number of nitrogens with zero attached hydrogens (tertiary/aromatic N) is 2. The van der Waals surface area contributed by atoms with Gasteiger partial charge >= 0.3 is 5.97 Å². The van der Waals surface area contributed by atoms with Crippen molar-refractivity contribution >= 4 is 38.9 Å². The van der Waals surface area contributed by atoms with Crippen LogP contribution in [0, 0.1) is 0 Å². The molecule has 7 nitrogen and oxygen atoms in total. The molecule has 4 rings (SSSR count). The van der Waals surface area contributed by atoms with E-state index in [1.54, 1.807) is 6.07 Å². The molecule has 0 spiro atoms. The molecule has 0 atom stereocenters. The van der Waals surface area contributed by atoms with Crippen LogP contribution in [0.3, 0.4) is 0 Å². The van der Waals surface area contributed by atoms with Gasteiger partial charge in [0.15, 0.2) is 0 Å². The second-order valence-corrected chi connectivity index (χ2v) is 9.94. The number of carbonyl (C=O) groups excluding carboxylic acids is 1. The fourth-order valence-electron chi connectivity index (χ4n) is 3.05. The highest BCUT2D eigenvalue weighted by molar-refractivity contribution is 7.89. The molecule has 10 heteroatoms. The highest BCUT2D eigenvalue weighted by Gasteiger charge is 2.26. The number of morpholine rings is 1. The normalized spacial score (nSPS) is 15.0. The lowest BCUT2D eigenvalue weighted by molar-refractivity contribution is 0.0468. The Morgan fingerprint density at radius 1 is 1.13 bits per heavy atom. The summed E-state index contributed by atoms with van der Waals surface area (Å²) in [6, 6.07) is 13.1. The van der Waals surface area contributed by atoms with E-state index in [0.717, 1.165) is 10.6 Å². The van der Waals surface area contributed by atoms with E-state index in [9.17, 15) is 13.2 Å². The molecular formula is C21H19ClN2O5S2. The third-order valence-corrected chi connectivity index (χ3v) is 7.87. The van der Waals surface area contributed by atoms with Crippen LogP contribution in [0.4, 0.5) is 0 Å². The predicted octanol–water partition coefficient (Wildman–Crippen LogP) is 3.84. The number of benzene rings is 2. The molecule has 1 aliphatic heterocycles. The van der Waals surface area contributed by atoms with Crippen LogP contribution in [0.2, 0.25) is 5.02 Å². The van der Waals surface area contributed by atoms with Crippen LogP contribution in [0.15, 0.2) is 58.8 Å². The van der Waals surface area contributed by atoms with Gasteiger partial charge in [-0.2, -0.15) is 4.31 Å².